The standard InChI is InChI=1S/2C6H6O.H2/c2*7-6-4-2-1-3-5-6;/h2*1-5,7H;1H. The fourth-order valence-electron chi connectivity index (χ4n) is 0.856. The third-order valence-corrected chi connectivity index (χ3v) is 1.51. The fraction of sp³-hybridized carbons (Fsp3) is 0. The third kappa shape index (κ3) is 4.16. The molecule has 0 radical (unpaired) electrons. The van der Waals surface area contributed by atoms with Crippen LogP contribution in [0.2, 0.25) is 0 Å². The summed E-state index contributed by atoms with van der Waals surface area (Å²) in [5.41, 5.74) is 0. The van der Waals surface area contributed by atoms with Crippen molar-refractivity contribution in [1.29, 1.82) is 0 Å². The van der Waals surface area contributed by atoms with E-state index in [1.807, 2.05) is 12.1 Å². The lowest BCUT2D eigenvalue weighted by Crippen LogP contribution is -1.56. The van der Waals surface area contributed by atoms with Crippen LogP contribution < -0.4 is 0 Å². The molecule has 0 aliphatic heterocycles. The summed E-state index contributed by atoms with van der Waals surface area (Å²) < 4.78 is 0. The van der Waals surface area contributed by atoms with E-state index in [2.05, 4.69) is 0 Å². The number of aromatic hydroxyl groups is 2. The number of phenols is 2. The van der Waals surface area contributed by atoms with E-state index >= 15 is 0 Å². The molecule has 0 aromatic heterocycles. The largest absolute Gasteiger partial charge is 0.508 e. The normalized spacial score (nSPS) is 8.57. The maximum absolute atomic E-state index is 8.63. The first-order valence-electron chi connectivity index (χ1n) is 4.27. The number of para-hydroxylation sites is 2. The molecule has 0 atom stereocenters. The summed E-state index contributed by atoms with van der Waals surface area (Å²) in [6.45, 7) is 0. The van der Waals surface area contributed by atoms with Crippen LogP contribution in [0.25, 0.3) is 0 Å². The monoisotopic (exact) mass is 190 g/mol. The van der Waals surface area contributed by atoms with Crippen LogP contribution in [0.15, 0.2) is 60.7 Å². The van der Waals surface area contributed by atoms with Crippen LogP contribution in [0.1, 0.15) is 1.43 Å². The lowest BCUT2D eigenvalue weighted by Gasteiger charge is -1.82. The molecule has 0 aliphatic carbocycles. The molecule has 0 saturated carbocycles. The van der Waals surface area contributed by atoms with E-state index < -0.39 is 0 Å². The summed E-state index contributed by atoms with van der Waals surface area (Å²) >= 11 is 0. The highest BCUT2D eigenvalue weighted by molar-refractivity contribution is 5.19. The van der Waals surface area contributed by atoms with Gasteiger partial charge in [-0.2, -0.15) is 0 Å². The van der Waals surface area contributed by atoms with Crippen LogP contribution in [-0.4, -0.2) is 10.2 Å². The molecule has 0 saturated heterocycles. The van der Waals surface area contributed by atoms with Crippen LogP contribution in [0.5, 0.6) is 11.5 Å². The SMILES string of the molecule is Oc1ccccc1.Oc1ccccc1.[HH]. The van der Waals surface area contributed by atoms with Crippen LogP contribution in [-0.2, 0) is 0 Å². The van der Waals surface area contributed by atoms with Crippen molar-refractivity contribution in [2.24, 2.45) is 0 Å². The highest BCUT2D eigenvalue weighted by Crippen LogP contribution is 2.03. The first kappa shape index (κ1) is 10.1. The van der Waals surface area contributed by atoms with Crippen LogP contribution in [0.3, 0.4) is 0 Å². The molecule has 0 bridgehead atoms. The van der Waals surface area contributed by atoms with Crippen molar-refractivity contribution < 1.29 is 11.6 Å². The molecule has 14 heavy (non-hydrogen) atoms. The van der Waals surface area contributed by atoms with E-state index in [1.54, 1.807) is 48.5 Å². The quantitative estimate of drug-likeness (QED) is 0.670. The zero-order valence-corrected chi connectivity index (χ0v) is 7.67. The molecule has 0 unspecified atom stereocenters. The molecular formula is C12H14O2. The van der Waals surface area contributed by atoms with E-state index in [1.165, 1.54) is 0 Å². The van der Waals surface area contributed by atoms with Crippen molar-refractivity contribution in [3.05, 3.63) is 60.7 Å². The number of phenolic OH excluding ortho intramolecular Hbond substituents is 2. The first-order chi connectivity index (χ1) is 6.79. The molecule has 0 spiro atoms. The lowest BCUT2D eigenvalue weighted by molar-refractivity contribution is 0.475. The Balaban J connectivity index is 0.000000245. The molecule has 0 heterocycles. The Morgan fingerprint density at radius 2 is 0.857 bits per heavy atom. The van der Waals surface area contributed by atoms with Crippen LogP contribution in [0.4, 0.5) is 0 Å². The predicted octanol–water partition coefficient (Wildman–Crippen LogP) is 3.03. The number of benzene rings is 2. The molecule has 2 aromatic carbocycles. The topological polar surface area (TPSA) is 40.5 Å². The molecule has 0 amide bonds. The number of hydrogen-bond acceptors (Lipinski definition) is 2. The Kier molecular flexibility index (Phi) is 4.08. The Labute approximate surface area is 84.6 Å². The van der Waals surface area contributed by atoms with Gasteiger partial charge in [0.05, 0.1) is 0 Å². The molecule has 0 aliphatic rings. The van der Waals surface area contributed by atoms with Gasteiger partial charge in [0.2, 0.25) is 0 Å². The Bertz CT molecular complexity index is 311. The van der Waals surface area contributed by atoms with Gasteiger partial charge in [0.1, 0.15) is 11.5 Å². The summed E-state index contributed by atoms with van der Waals surface area (Å²) in [5, 5.41) is 17.3. The van der Waals surface area contributed by atoms with Gasteiger partial charge < -0.3 is 10.2 Å². The van der Waals surface area contributed by atoms with Crippen molar-refractivity contribution in [2.75, 3.05) is 0 Å². The van der Waals surface area contributed by atoms with Gasteiger partial charge in [-0.05, 0) is 24.3 Å². The molecule has 2 nitrogen and oxygen atoms in total. The molecule has 2 aromatic rings. The minimum atomic E-state index is 0. The molecule has 0 fully saturated rings. The van der Waals surface area contributed by atoms with E-state index in [-0.39, 0.29) is 1.43 Å². The fourth-order valence-corrected chi connectivity index (χ4v) is 0.856. The average Bonchev–Trinajstić information content (AvgIpc) is 2.21. The highest BCUT2D eigenvalue weighted by Gasteiger charge is 1.75. The Morgan fingerprint density at radius 3 is 1.00 bits per heavy atom. The zero-order valence-electron chi connectivity index (χ0n) is 7.67. The number of rotatable bonds is 0. The second-order valence-electron chi connectivity index (χ2n) is 2.67. The molecule has 2 heteroatoms. The van der Waals surface area contributed by atoms with E-state index in [0.717, 1.165) is 0 Å². The minimum absolute atomic E-state index is 0. The second-order valence-corrected chi connectivity index (χ2v) is 2.67. The summed E-state index contributed by atoms with van der Waals surface area (Å²) in [4.78, 5) is 0. The van der Waals surface area contributed by atoms with Gasteiger partial charge in [-0.15, -0.1) is 0 Å². The summed E-state index contributed by atoms with van der Waals surface area (Å²) in [7, 11) is 0. The summed E-state index contributed by atoms with van der Waals surface area (Å²) in [6.07, 6.45) is 0. The van der Waals surface area contributed by atoms with Crippen molar-refractivity contribution in [3.8, 4) is 11.5 Å². The molecule has 74 valence electrons. The van der Waals surface area contributed by atoms with Gasteiger partial charge >= 0.3 is 0 Å². The van der Waals surface area contributed by atoms with E-state index in [0.29, 0.717) is 11.5 Å². The van der Waals surface area contributed by atoms with Gasteiger partial charge in [-0.25, -0.2) is 0 Å². The van der Waals surface area contributed by atoms with Gasteiger partial charge in [0, 0.05) is 1.43 Å². The molecular weight excluding hydrogens is 176 g/mol. The predicted molar refractivity (Wildman–Crippen MR) is 58.3 cm³/mol. The second kappa shape index (κ2) is 5.65. The number of hydrogen-bond donors (Lipinski definition) is 2. The minimum Gasteiger partial charge on any atom is -0.508 e. The van der Waals surface area contributed by atoms with Gasteiger partial charge in [-0.3, -0.25) is 0 Å². The van der Waals surface area contributed by atoms with Crippen molar-refractivity contribution >= 4 is 0 Å². The first-order valence-corrected chi connectivity index (χ1v) is 4.27. The molecule has 2 rings (SSSR count). The van der Waals surface area contributed by atoms with Crippen molar-refractivity contribution in [2.45, 2.75) is 0 Å². The van der Waals surface area contributed by atoms with E-state index in [9.17, 15) is 0 Å². The zero-order chi connectivity index (χ0) is 10.2. The summed E-state index contributed by atoms with van der Waals surface area (Å²) in [6, 6.07) is 17.4. The Morgan fingerprint density at radius 1 is 0.571 bits per heavy atom. The van der Waals surface area contributed by atoms with Crippen LogP contribution in [0, 0.1) is 0 Å². The van der Waals surface area contributed by atoms with Crippen LogP contribution >= 0.6 is 0 Å². The average molecular weight is 190 g/mol. The van der Waals surface area contributed by atoms with Gasteiger partial charge in [0.15, 0.2) is 0 Å². The van der Waals surface area contributed by atoms with Crippen molar-refractivity contribution in [3.63, 3.8) is 0 Å². The van der Waals surface area contributed by atoms with Crippen molar-refractivity contribution in [1.82, 2.24) is 0 Å². The lowest BCUT2D eigenvalue weighted by atomic mass is 10.3. The van der Waals surface area contributed by atoms with Gasteiger partial charge in [-0.1, -0.05) is 36.4 Å². The Hall–Kier alpha value is -1.96. The van der Waals surface area contributed by atoms with Gasteiger partial charge in [0.25, 0.3) is 0 Å². The van der Waals surface area contributed by atoms with E-state index in [4.69, 9.17) is 10.2 Å². The third-order valence-electron chi connectivity index (χ3n) is 1.51. The highest BCUT2D eigenvalue weighted by atomic mass is 16.3. The maximum Gasteiger partial charge on any atom is 0.115 e. The molecule has 2 N–H and O–H groups in total. The maximum atomic E-state index is 8.63. The smallest absolute Gasteiger partial charge is 0.115 e. The summed E-state index contributed by atoms with van der Waals surface area (Å²) in [5.74, 6) is 0.644.